The first kappa shape index (κ1) is 24.4. The van der Waals surface area contributed by atoms with E-state index in [0.29, 0.717) is 24.8 Å². The molecule has 1 atom stereocenters. The van der Waals surface area contributed by atoms with Crippen LogP contribution in [0, 0.1) is 0 Å². The topological polar surface area (TPSA) is 69.1 Å². The number of aliphatic imine (C=N–C) groups is 1. The Labute approximate surface area is 200 Å². The molecule has 0 aromatic heterocycles. The quantitative estimate of drug-likeness (QED) is 0.279. The van der Waals surface area contributed by atoms with Gasteiger partial charge >= 0.3 is 0 Å². The van der Waals surface area contributed by atoms with Crippen molar-refractivity contribution in [1.29, 1.82) is 0 Å². The number of ether oxygens (including phenoxy) is 1. The number of methoxy groups -OCH3 is 1. The summed E-state index contributed by atoms with van der Waals surface area (Å²) in [7, 11) is 1.55. The van der Waals surface area contributed by atoms with Gasteiger partial charge in [0, 0.05) is 42.9 Å². The van der Waals surface area contributed by atoms with Gasteiger partial charge in [0.15, 0.2) is 17.5 Å². The van der Waals surface area contributed by atoms with E-state index < -0.39 is 0 Å². The van der Waals surface area contributed by atoms with Gasteiger partial charge in [-0.15, -0.1) is 24.0 Å². The SMILES string of the molecule is CCNC(=NCCc1cccc(OC)c1O)NC1CCN(c2cccc(Cl)c2)C1.I. The van der Waals surface area contributed by atoms with Gasteiger partial charge in [0.25, 0.3) is 0 Å². The molecule has 0 aliphatic carbocycles. The van der Waals surface area contributed by atoms with Crippen molar-refractivity contribution in [1.82, 2.24) is 10.6 Å². The van der Waals surface area contributed by atoms with Crippen molar-refractivity contribution in [3.63, 3.8) is 0 Å². The van der Waals surface area contributed by atoms with Gasteiger partial charge in [-0.3, -0.25) is 4.99 Å². The zero-order valence-corrected chi connectivity index (χ0v) is 20.5. The summed E-state index contributed by atoms with van der Waals surface area (Å²) in [5, 5.41) is 17.8. The summed E-state index contributed by atoms with van der Waals surface area (Å²) in [6.07, 6.45) is 1.67. The Morgan fingerprint density at radius 1 is 1.30 bits per heavy atom. The molecule has 0 bridgehead atoms. The Kier molecular flexibility index (Phi) is 9.84. The number of hydrogen-bond acceptors (Lipinski definition) is 4. The van der Waals surface area contributed by atoms with E-state index in [9.17, 15) is 5.11 Å². The number of phenols is 1. The second-order valence-electron chi connectivity index (χ2n) is 7.03. The van der Waals surface area contributed by atoms with Crippen molar-refractivity contribution >= 4 is 47.2 Å². The number of phenolic OH excluding ortho intramolecular Hbond substituents is 1. The average Bonchev–Trinajstić information content (AvgIpc) is 3.18. The van der Waals surface area contributed by atoms with E-state index in [-0.39, 0.29) is 29.7 Å². The van der Waals surface area contributed by atoms with Crippen LogP contribution in [-0.4, -0.2) is 50.4 Å². The third-order valence-corrected chi connectivity index (χ3v) is 5.24. The Hall–Kier alpha value is -1.87. The lowest BCUT2D eigenvalue weighted by Gasteiger charge is -2.20. The van der Waals surface area contributed by atoms with Crippen molar-refractivity contribution in [2.45, 2.75) is 25.8 Å². The maximum Gasteiger partial charge on any atom is 0.191 e. The maximum atomic E-state index is 10.2. The number of benzene rings is 2. The van der Waals surface area contributed by atoms with Gasteiger partial charge in [-0.2, -0.15) is 0 Å². The molecule has 30 heavy (non-hydrogen) atoms. The predicted octanol–water partition coefficient (Wildman–Crippen LogP) is 4.05. The number of nitrogens with one attached hydrogen (secondary N) is 2. The molecular weight excluding hydrogens is 515 g/mol. The average molecular weight is 545 g/mol. The van der Waals surface area contributed by atoms with Crippen LogP contribution in [0.1, 0.15) is 18.9 Å². The molecule has 8 heteroatoms. The Morgan fingerprint density at radius 2 is 2.10 bits per heavy atom. The Bertz CT molecular complexity index is 850. The van der Waals surface area contributed by atoms with Crippen LogP contribution in [0.2, 0.25) is 5.02 Å². The number of para-hydroxylation sites is 1. The molecule has 1 aliphatic rings. The summed E-state index contributed by atoms with van der Waals surface area (Å²) in [4.78, 5) is 7.02. The first-order valence-electron chi connectivity index (χ1n) is 10.0. The summed E-state index contributed by atoms with van der Waals surface area (Å²) < 4.78 is 5.17. The standard InChI is InChI=1S/C22H29ClN4O2.HI/c1-3-24-22(25-12-10-16-6-4-9-20(29-2)21(16)28)26-18-11-13-27(15-18)19-8-5-7-17(23)14-19;/h4-9,14,18,28H,3,10-13,15H2,1-2H3,(H2,24,25,26);1H. The van der Waals surface area contributed by atoms with Gasteiger partial charge in [0.2, 0.25) is 0 Å². The molecule has 164 valence electrons. The van der Waals surface area contributed by atoms with E-state index >= 15 is 0 Å². The summed E-state index contributed by atoms with van der Waals surface area (Å²) in [6, 6.07) is 13.8. The lowest BCUT2D eigenvalue weighted by atomic mass is 10.1. The highest BCUT2D eigenvalue weighted by Gasteiger charge is 2.23. The molecule has 0 saturated carbocycles. The maximum absolute atomic E-state index is 10.2. The molecule has 3 N–H and O–H groups in total. The van der Waals surface area contributed by atoms with Gasteiger partial charge < -0.3 is 25.4 Å². The molecule has 1 unspecified atom stereocenters. The van der Waals surface area contributed by atoms with E-state index in [1.54, 1.807) is 13.2 Å². The zero-order chi connectivity index (χ0) is 20.6. The van der Waals surface area contributed by atoms with E-state index in [1.165, 1.54) is 0 Å². The third kappa shape index (κ3) is 6.57. The summed E-state index contributed by atoms with van der Waals surface area (Å²) >= 11 is 6.13. The minimum Gasteiger partial charge on any atom is -0.504 e. The summed E-state index contributed by atoms with van der Waals surface area (Å²) in [5.41, 5.74) is 1.98. The molecule has 6 nitrogen and oxygen atoms in total. The van der Waals surface area contributed by atoms with E-state index in [2.05, 4.69) is 33.5 Å². The molecule has 0 spiro atoms. The van der Waals surface area contributed by atoms with Crippen LogP contribution in [-0.2, 0) is 6.42 Å². The fraction of sp³-hybridized carbons (Fsp3) is 0.409. The minimum atomic E-state index is 0. The van der Waals surface area contributed by atoms with Gasteiger partial charge in [-0.25, -0.2) is 0 Å². The van der Waals surface area contributed by atoms with E-state index in [4.69, 9.17) is 16.3 Å². The van der Waals surface area contributed by atoms with Crippen molar-refractivity contribution in [3.05, 3.63) is 53.1 Å². The van der Waals surface area contributed by atoms with Gasteiger partial charge in [0.1, 0.15) is 0 Å². The van der Waals surface area contributed by atoms with Gasteiger partial charge in [0.05, 0.1) is 7.11 Å². The summed E-state index contributed by atoms with van der Waals surface area (Å²) in [5.74, 6) is 1.48. The van der Waals surface area contributed by atoms with Crippen LogP contribution < -0.4 is 20.3 Å². The fourth-order valence-electron chi connectivity index (χ4n) is 3.52. The number of rotatable bonds is 7. The molecule has 3 rings (SSSR count). The molecule has 2 aromatic carbocycles. The van der Waals surface area contributed by atoms with Gasteiger partial charge in [-0.1, -0.05) is 29.8 Å². The normalized spacial score (nSPS) is 16.2. The van der Waals surface area contributed by atoms with Crippen LogP contribution in [0.15, 0.2) is 47.5 Å². The van der Waals surface area contributed by atoms with Crippen molar-refractivity contribution < 1.29 is 9.84 Å². The van der Waals surface area contributed by atoms with Crippen molar-refractivity contribution in [2.75, 3.05) is 38.2 Å². The number of anilines is 1. The van der Waals surface area contributed by atoms with Crippen LogP contribution in [0.25, 0.3) is 0 Å². The van der Waals surface area contributed by atoms with Gasteiger partial charge in [-0.05, 0) is 49.6 Å². The third-order valence-electron chi connectivity index (χ3n) is 5.00. The second-order valence-corrected chi connectivity index (χ2v) is 7.47. The molecule has 1 saturated heterocycles. The number of nitrogens with zero attached hydrogens (tertiary/aromatic N) is 2. The van der Waals surface area contributed by atoms with Crippen LogP contribution in [0.4, 0.5) is 5.69 Å². The van der Waals surface area contributed by atoms with Crippen molar-refractivity contribution in [2.24, 2.45) is 4.99 Å². The summed E-state index contributed by atoms with van der Waals surface area (Å²) in [6.45, 7) is 5.30. The van der Waals surface area contributed by atoms with Crippen molar-refractivity contribution in [3.8, 4) is 11.5 Å². The Balaban J connectivity index is 0.00000320. The van der Waals surface area contributed by atoms with Crippen LogP contribution in [0.3, 0.4) is 0 Å². The first-order chi connectivity index (χ1) is 14.1. The highest BCUT2D eigenvalue weighted by atomic mass is 127. The lowest BCUT2D eigenvalue weighted by molar-refractivity contribution is 0.370. The molecule has 1 aliphatic heterocycles. The minimum absolute atomic E-state index is 0. The number of aromatic hydroxyl groups is 1. The number of hydrogen-bond donors (Lipinski definition) is 3. The smallest absolute Gasteiger partial charge is 0.191 e. The molecular formula is C22H30ClIN4O2. The molecule has 1 fully saturated rings. The predicted molar refractivity (Wildman–Crippen MR) is 135 cm³/mol. The first-order valence-corrected chi connectivity index (χ1v) is 10.4. The van der Waals surface area contributed by atoms with E-state index in [1.807, 2.05) is 30.3 Å². The number of halogens is 2. The highest BCUT2D eigenvalue weighted by Crippen LogP contribution is 2.29. The molecule has 2 aromatic rings. The lowest BCUT2D eigenvalue weighted by Crippen LogP contribution is -2.44. The molecule has 0 amide bonds. The molecule has 1 heterocycles. The fourth-order valence-corrected chi connectivity index (χ4v) is 3.71. The number of guanidine groups is 1. The highest BCUT2D eigenvalue weighted by molar-refractivity contribution is 14.0. The monoisotopic (exact) mass is 544 g/mol. The van der Waals surface area contributed by atoms with Crippen LogP contribution >= 0.6 is 35.6 Å². The largest absolute Gasteiger partial charge is 0.504 e. The Morgan fingerprint density at radius 3 is 2.83 bits per heavy atom. The van der Waals surface area contributed by atoms with E-state index in [0.717, 1.165) is 48.3 Å². The zero-order valence-electron chi connectivity index (χ0n) is 17.4. The van der Waals surface area contributed by atoms with Crippen LogP contribution in [0.5, 0.6) is 11.5 Å². The molecule has 0 radical (unpaired) electrons. The second kappa shape index (κ2) is 12.1.